The number of nitriles is 1. The minimum Gasteiger partial charge on any atom is -0.198 e. The van der Waals surface area contributed by atoms with Gasteiger partial charge in [0, 0.05) is 0 Å². The summed E-state index contributed by atoms with van der Waals surface area (Å²) in [5.74, 6) is 1.62. The maximum atomic E-state index is 9.55. The molecule has 0 aromatic heterocycles. The number of unbranched alkanes of at least 4 members (excludes halogenated alkanes) is 1. The first kappa shape index (κ1) is 14.6. The minimum absolute atomic E-state index is 0.0287. The second-order valence-corrected chi connectivity index (χ2v) is 6.20. The van der Waals surface area contributed by atoms with E-state index < -0.39 is 0 Å². The molecule has 1 rings (SSSR count). The van der Waals surface area contributed by atoms with E-state index in [1.54, 1.807) is 0 Å². The van der Waals surface area contributed by atoms with Gasteiger partial charge in [-0.1, -0.05) is 46.5 Å². The van der Waals surface area contributed by atoms with Crippen molar-refractivity contribution in [3.8, 4) is 6.07 Å². The van der Waals surface area contributed by atoms with E-state index in [0.717, 1.165) is 31.1 Å². The normalized spacial score (nSPS) is 30.8. The molecule has 17 heavy (non-hydrogen) atoms. The van der Waals surface area contributed by atoms with Crippen LogP contribution in [0.15, 0.2) is 0 Å². The fourth-order valence-corrected chi connectivity index (χ4v) is 3.17. The summed E-state index contributed by atoms with van der Waals surface area (Å²) < 4.78 is 0. The van der Waals surface area contributed by atoms with Crippen LogP contribution in [0.25, 0.3) is 0 Å². The highest BCUT2D eigenvalue weighted by Gasteiger charge is 2.35. The summed E-state index contributed by atoms with van der Waals surface area (Å²) in [7, 11) is 0. The van der Waals surface area contributed by atoms with Gasteiger partial charge < -0.3 is 0 Å². The number of rotatable bonds is 6. The van der Waals surface area contributed by atoms with Crippen molar-refractivity contribution < 1.29 is 0 Å². The fourth-order valence-electron chi connectivity index (χ4n) is 3.17. The molecule has 0 heterocycles. The zero-order valence-electron chi connectivity index (χ0n) is 12.0. The second-order valence-electron chi connectivity index (χ2n) is 6.20. The molecule has 0 aromatic carbocycles. The molecular weight excluding hydrogens is 206 g/mol. The van der Waals surface area contributed by atoms with Crippen LogP contribution in [0.3, 0.4) is 0 Å². The lowest BCUT2D eigenvalue weighted by molar-refractivity contribution is 0.170. The highest BCUT2D eigenvalue weighted by Crippen LogP contribution is 2.44. The van der Waals surface area contributed by atoms with Gasteiger partial charge in [0.05, 0.1) is 11.5 Å². The Morgan fingerprint density at radius 3 is 2.41 bits per heavy atom. The van der Waals surface area contributed by atoms with Gasteiger partial charge in [-0.25, -0.2) is 0 Å². The fraction of sp³-hybridized carbons (Fsp3) is 0.938. The van der Waals surface area contributed by atoms with Crippen molar-refractivity contribution in [1.29, 1.82) is 5.26 Å². The number of hydrogen-bond donors (Lipinski definition) is 0. The van der Waals surface area contributed by atoms with Gasteiger partial charge in [0.25, 0.3) is 0 Å². The molecular formula is C16H29N. The molecule has 0 bridgehead atoms. The molecule has 1 aliphatic rings. The van der Waals surface area contributed by atoms with Crippen LogP contribution < -0.4 is 0 Å². The summed E-state index contributed by atoms with van der Waals surface area (Å²) in [6.07, 6.45) is 11.2. The average molecular weight is 235 g/mol. The van der Waals surface area contributed by atoms with E-state index in [1.807, 2.05) is 0 Å². The van der Waals surface area contributed by atoms with Crippen LogP contribution in [0.5, 0.6) is 0 Å². The predicted octanol–water partition coefficient (Wildman–Crippen LogP) is 5.31. The quantitative estimate of drug-likeness (QED) is 0.611. The van der Waals surface area contributed by atoms with Gasteiger partial charge in [0.1, 0.15) is 0 Å². The molecule has 1 saturated carbocycles. The first-order valence-corrected chi connectivity index (χ1v) is 7.57. The number of hydrogen-bond acceptors (Lipinski definition) is 1. The maximum Gasteiger partial charge on any atom is 0.0689 e. The molecule has 0 N–H and O–H groups in total. The Morgan fingerprint density at radius 2 is 1.94 bits per heavy atom. The van der Waals surface area contributed by atoms with Gasteiger partial charge in [-0.05, 0) is 43.9 Å². The van der Waals surface area contributed by atoms with Gasteiger partial charge in [-0.3, -0.25) is 0 Å². The van der Waals surface area contributed by atoms with Crippen LogP contribution in [-0.2, 0) is 0 Å². The molecule has 1 fully saturated rings. The molecule has 1 nitrogen and oxygen atoms in total. The van der Waals surface area contributed by atoms with E-state index >= 15 is 0 Å². The van der Waals surface area contributed by atoms with E-state index in [0.29, 0.717) is 0 Å². The van der Waals surface area contributed by atoms with Crippen LogP contribution in [0.1, 0.15) is 78.6 Å². The third-order valence-corrected chi connectivity index (χ3v) is 4.69. The molecule has 0 saturated heterocycles. The second kappa shape index (κ2) is 7.04. The monoisotopic (exact) mass is 235 g/mol. The molecule has 0 spiro atoms. The molecule has 0 aromatic rings. The highest BCUT2D eigenvalue weighted by molar-refractivity contribution is 5.02. The Morgan fingerprint density at radius 1 is 1.29 bits per heavy atom. The van der Waals surface area contributed by atoms with Crippen molar-refractivity contribution in [3.05, 3.63) is 0 Å². The largest absolute Gasteiger partial charge is 0.198 e. The van der Waals surface area contributed by atoms with Crippen LogP contribution in [0.4, 0.5) is 0 Å². The third-order valence-electron chi connectivity index (χ3n) is 4.69. The Balaban J connectivity index is 2.52. The van der Waals surface area contributed by atoms with E-state index in [-0.39, 0.29) is 5.41 Å². The minimum atomic E-state index is 0.0287. The van der Waals surface area contributed by atoms with Gasteiger partial charge in [0.15, 0.2) is 0 Å². The van der Waals surface area contributed by atoms with Gasteiger partial charge >= 0.3 is 0 Å². The van der Waals surface area contributed by atoms with Crippen LogP contribution in [0, 0.1) is 28.6 Å². The number of nitrogens with zero attached hydrogens (tertiary/aromatic N) is 1. The van der Waals surface area contributed by atoms with E-state index in [9.17, 15) is 5.26 Å². The standard InChI is InChI=1S/C16H29N/c1-4-6-7-15(5-2)12-16(13-17)10-8-14(3)9-11-16/h14-15H,4-12H2,1-3H3. The lowest BCUT2D eigenvalue weighted by Crippen LogP contribution is -2.28. The SMILES string of the molecule is CCCCC(CC)CC1(C#N)CCC(C)CC1. The van der Waals surface area contributed by atoms with E-state index in [1.165, 1.54) is 38.5 Å². The van der Waals surface area contributed by atoms with Crippen molar-refractivity contribution >= 4 is 0 Å². The summed E-state index contributed by atoms with van der Waals surface area (Å²) in [6, 6.07) is 2.68. The lowest BCUT2D eigenvalue weighted by Gasteiger charge is -2.36. The summed E-state index contributed by atoms with van der Waals surface area (Å²) in [4.78, 5) is 0. The molecule has 1 aliphatic carbocycles. The zero-order valence-corrected chi connectivity index (χ0v) is 12.0. The highest BCUT2D eigenvalue weighted by atomic mass is 14.4. The van der Waals surface area contributed by atoms with Crippen molar-refractivity contribution in [2.24, 2.45) is 17.3 Å². The Kier molecular flexibility index (Phi) is 6.03. The maximum absolute atomic E-state index is 9.55. The summed E-state index contributed by atoms with van der Waals surface area (Å²) in [5, 5.41) is 9.55. The van der Waals surface area contributed by atoms with Gasteiger partial charge in [-0.2, -0.15) is 5.26 Å². The Labute approximate surface area is 108 Å². The molecule has 98 valence electrons. The first-order valence-electron chi connectivity index (χ1n) is 7.57. The van der Waals surface area contributed by atoms with Crippen molar-refractivity contribution in [1.82, 2.24) is 0 Å². The smallest absolute Gasteiger partial charge is 0.0689 e. The third kappa shape index (κ3) is 4.34. The topological polar surface area (TPSA) is 23.8 Å². The average Bonchev–Trinajstić information content (AvgIpc) is 2.37. The Hall–Kier alpha value is -0.510. The summed E-state index contributed by atoms with van der Waals surface area (Å²) in [5.41, 5.74) is 0.0287. The van der Waals surface area contributed by atoms with Crippen LogP contribution >= 0.6 is 0 Å². The van der Waals surface area contributed by atoms with Gasteiger partial charge in [-0.15, -0.1) is 0 Å². The molecule has 0 aliphatic heterocycles. The van der Waals surface area contributed by atoms with Crippen molar-refractivity contribution in [2.75, 3.05) is 0 Å². The molecule has 1 heteroatoms. The van der Waals surface area contributed by atoms with Gasteiger partial charge in [0.2, 0.25) is 0 Å². The predicted molar refractivity (Wildman–Crippen MR) is 73.6 cm³/mol. The van der Waals surface area contributed by atoms with E-state index in [4.69, 9.17) is 0 Å². The molecule has 0 radical (unpaired) electrons. The molecule has 1 atom stereocenters. The lowest BCUT2D eigenvalue weighted by atomic mass is 9.67. The zero-order chi connectivity index (χ0) is 12.7. The van der Waals surface area contributed by atoms with Crippen LogP contribution in [0.2, 0.25) is 0 Å². The van der Waals surface area contributed by atoms with Crippen molar-refractivity contribution in [2.45, 2.75) is 78.6 Å². The summed E-state index contributed by atoms with van der Waals surface area (Å²) >= 11 is 0. The van der Waals surface area contributed by atoms with Crippen molar-refractivity contribution in [3.63, 3.8) is 0 Å². The molecule has 0 amide bonds. The molecule has 1 unspecified atom stereocenters. The van der Waals surface area contributed by atoms with E-state index in [2.05, 4.69) is 26.8 Å². The van der Waals surface area contributed by atoms with Crippen LogP contribution in [-0.4, -0.2) is 0 Å². The summed E-state index contributed by atoms with van der Waals surface area (Å²) in [6.45, 7) is 6.88. The first-order chi connectivity index (χ1) is 8.15. The Bertz CT molecular complexity index is 243.